The number of nitrogens with one attached hydrogen (secondary N) is 4. The Kier molecular flexibility index (Phi) is 23.9. The highest BCUT2D eigenvalue weighted by molar-refractivity contribution is 7.86. The average molecular weight is 1130 g/mol. The van der Waals surface area contributed by atoms with Gasteiger partial charge in [-0.3, -0.25) is 23.5 Å². The van der Waals surface area contributed by atoms with Crippen LogP contribution in [0.3, 0.4) is 0 Å². The van der Waals surface area contributed by atoms with Crippen LogP contribution in [0.15, 0.2) is 94.4 Å². The predicted octanol–water partition coefficient (Wildman–Crippen LogP) is 4.99. The molecule has 0 aliphatic carbocycles. The molecule has 2 atom stereocenters. The molecule has 0 bridgehead atoms. The lowest BCUT2D eigenvalue weighted by molar-refractivity contribution is -0.438. The first kappa shape index (κ1) is 63.8. The molecule has 0 saturated heterocycles. The number of rotatable bonds is 33. The normalized spacial score (nSPS) is 16.1. The molecule has 2 heterocycles. The molecule has 78 heavy (non-hydrogen) atoms. The molecule has 0 unspecified atom stereocenters. The maximum absolute atomic E-state index is 12.6. The Labute approximate surface area is 455 Å². The molecule has 9 N–H and O–H groups in total. The van der Waals surface area contributed by atoms with E-state index in [0.717, 1.165) is 40.3 Å². The van der Waals surface area contributed by atoms with E-state index in [1.54, 1.807) is 12.1 Å². The van der Waals surface area contributed by atoms with Gasteiger partial charge in [0.2, 0.25) is 17.5 Å². The zero-order valence-corrected chi connectivity index (χ0v) is 46.2. The van der Waals surface area contributed by atoms with Crippen molar-refractivity contribution in [1.29, 1.82) is 0 Å². The second kappa shape index (κ2) is 29.3. The summed E-state index contributed by atoms with van der Waals surface area (Å²) in [6.07, 6.45) is 15.4. The molecule has 428 valence electrons. The zero-order valence-electron chi connectivity index (χ0n) is 44.5. The molecule has 0 spiro atoms. The number of ether oxygens (including phenoxy) is 2. The second-order valence-electron chi connectivity index (χ2n) is 19.5. The summed E-state index contributed by atoms with van der Waals surface area (Å²) in [7, 11) is -8.82. The minimum atomic E-state index is -4.45. The highest BCUT2D eigenvalue weighted by atomic mass is 32.2. The fraction of sp³-hybridized carbons (Fsp3) is 0.491. The predicted molar refractivity (Wildman–Crippen MR) is 288 cm³/mol. The van der Waals surface area contributed by atoms with Crippen molar-refractivity contribution in [1.82, 2.24) is 21.3 Å². The van der Waals surface area contributed by atoms with Gasteiger partial charge in [-0.05, 0) is 101 Å². The van der Waals surface area contributed by atoms with Gasteiger partial charge in [0.25, 0.3) is 20.2 Å². The number of nitrogens with zero attached hydrogens (tertiary/aromatic N) is 2. The molecule has 2 aliphatic rings. The lowest BCUT2D eigenvalue weighted by Gasteiger charge is -2.25. The van der Waals surface area contributed by atoms with E-state index in [2.05, 4.69) is 30.7 Å². The van der Waals surface area contributed by atoms with Crippen LogP contribution in [0, 0.1) is 0 Å². The first-order valence-corrected chi connectivity index (χ1v) is 28.4. The Hall–Kier alpha value is -6.77. The Morgan fingerprint density at radius 1 is 0.667 bits per heavy atom. The number of aliphatic carboxylic acids is 3. The van der Waals surface area contributed by atoms with E-state index in [-0.39, 0.29) is 74.5 Å². The molecular formula is C53H73N6O17S2+. The fourth-order valence-electron chi connectivity index (χ4n) is 9.06. The summed E-state index contributed by atoms with van der Waals surface area (Å²) in [5, 5.41) is 37.1. The lowest BCUT2D eigenvalue weighted by atomic mass is 9.81. The number of carbonyl (C=O) groups excluding carboxylic acids is 3. The summed E-state index contributed by atoms with van der Waals surface area (Å²) in [5.41, 5.74) is 3.91. The third kappa shape index (κ3) is 18.7. The van der Waals surface area contributed by atoms with Gasteiger partial charge in [-0.1, -0.05) is 44.2 Å². The number of carboxylic acid groups (broad SMARTS) is 3. The van der Waals surface area contributed by atoms with Crippen molar-refractivity contribution >= 4 is 73.1 Å². The molecule has 2 aromatic carbocycles. The third-order valence-electron chi connectivity index (χ3n) is 13.1. The number of likely N-dealkylation sites (N-methyl/N-ethyl adjacent to an activating group) is 1. The molecule has 0 saturated carbocycles. The molecule has 23 nitrogen and oxygen atoms in total. The van der Waals surface area contributed by atoms with E-state index in [4.69, 9.17) is 14.6 Å². The van der Waals surface area contributed by atoms with Crippen LogP contribution in [0.4, 0.5) is 16.2 Å². The minimum Gasteiger partial charge on any atom is -0.481 e. The number of unbranched alkanes of at least 4 members (excludes halogenated alkanes) is 3. The van der Waals surface area contributed by atoms with Gasteiger partial charge < -0.3 is 51.0 Å². The second-order valence-corrected chi connectivity index (χ2v) is 22.4. The third-order valence-corrected chi connectivity index (χ3v) is 14.8. The highest BCUT2D eigenvalue weighted by Gasteiger charge is 2.45. The van der Waals surface area contributed by atoms with E-state index in [1.807, 2.05) is 77.2 Å². The summed E-state index contributed by atoms with van der Waals surface area (Å²) >= 11 is 0. The first-order chi connectivity index (χ1) is 36.7. The quantitative estimate of drug-likeness (QED) is 0.0197. The molecule has 4 amide bonds. The summed E-state index contributed by atoms with van der Waals surface area (Å²) < 4.78 is 80.4. The van der Waals surface area contributed by atoms with E-state index < -0.39 is 79.4 Å². The van der Waals surface area contributed by atoms with Crippen molar-refractivity contribution < 1.29 is 84.1 Å². The first-order valence-electron chi connectivity index (χ1n) is 25.5. The Bertz CT molecular complexity index is 2890. The van der Waals surface area contributed by atoms with Crippen molar-refractivity contribution in [2.45, 2.75) is 125 Å². The largest absolute Gasteiger partial charge is 0.481 e. The van der Waals surface area contributed by atoms with Crippen LogP contribution in [0.25, 0.3) is 0 Å². The molecule has 0 aromatic heterocycles. The highest BCUT2D eigenvalue weighted by Crippen LogP contribution is 2.48. The number of fused-ring (bicyclic) bond motifs is 2. The molecule has 0 radical (unpaired) electrons. The van der Waals surface area contributed by atoms with Crippen LogP contribution in [0.5, 0.6) is 0 Å². The van der Waals surface area contributed by atoms with Gasteiger partial charge in [0.05, 0.1) is 35.0 Å². The summed E-state index contributed by atoms with van der Waals surface area (Å²) in [6, 6.07) is 5.26. The Balaban J connectivity index is 1.16. The monoisotopic (exact) mass is 1130 g/mol. The standard InChI is InChI=1S/C53H72N6O17S2/c1-6-58-42-24-21-36(77(69,70)71)33-38(42)52(2,3)44(58)18-11-8-7-9-12-19-45-53(4,5)39-34-37(78(72,73)74)22-25-43(39)59(45)29-16-10-13-20-46(60)55-28-30-75-31-32-76-35-47(61)54-27-15-14-17-40(49(64)65)56-51(68)57-41(50(66)67)23-26-48(62)63/h7-9,11-12,18-19,21-22,24-25,33-34,40-41H,6,10,13-17,20,23,26-32,35H2,1-5H3,(H8-,54,55,56,57,60,61,62,63,64,65,66,67,68,69,70,71,72,73,74)/p+1/t40-,41-/m0/s1. The van der Waals surface area contributed by atoms with E-state index >= 15 is 0 Å². The van der Waals surface area contributed by atoms with Crippen molar-refractivity contribution in [2.75, 3.05) is 57.5 Å². The van der Waals surface area contributed by atoms with E-state index in [9.17, 15) is 64.9 Å². The van der Waals surface area contributed by atoms with Crippen molar-refractivity contribution in [3.8, 4) is 0 Å². The molecule has 0 fully saturated rings. The molecule has 2 aromatic rings. The van der Waals surface area contributed by atoms with Gasteiger partial charge in [-0.25, -0.2) is 14.4 Å². The smallest absolute Gasteiger partial charge is 0.326 e. The van der Waals surface area contributed by atoms with Crippen molar-refractivity contribution in [2.24, 2.45) is 0 Å². The number of carbonyl (C=O) groups is 6. The average Bonchev–Trinajstić information content (AvgIpc) is 3.88. The van der Waals surface area contributed by atoms with Crippen LogP contribution < -0.4 is 26.2 Å². The number of hydrogen-bond donors (Lipinski definition) is 9. The number of hydrogen-bond acceptors (Lipinski definition) is 13. The molecular weight excluding hydrogens is 1060 g/mol. The lowest BCUT2D eigenvalue weighted by Crippen LogP contribution is -2.51. The maximum Gasteiger partial charge on any atom is 0.326 e. The topological polar surface area (TPSA) is 345 Å². The number of amides is 4. The summed E-state index contributed by atoms with van der Waals surface area (Å²) in [5.74, 6) is -4.63. The van der Waals surface area contributed by atoms with Crippen molar-refractivity contribution in [3.63, 3.8) is 0 Å². The molecule has 4 rings (SSSR count). The van der Waals surface area contributed by atoms with Gasteiger partial charge in [-0.2, -0.15) is 21.4 Å². The van der Waals surface area contributed by atoms with Crippen LogP contribution in [0.2, 0.25) is 0 Å². The number of carboxylic acids is 3. The van der Waals surface area contributed by atoms with Gasteiger partial charge in [-0.15, -0.1) is 0 Å². The number of allylic oxidation sites excluding steroid dienone is 8. The van der Waals surface area contributed by atoms with Crippen molar-refractivity contribution in [3.05, 3.63) is 95.8 Å². The number of benzene rings is 2. The number of urea groups is 1. The van der Waals surface area contributed by atoms with Gasteiger partial charge in [0.15, 0.2) is 5.71 Å². The van der Waals surface area contributed by atoms with E-state index in [0.29, 0.717) is 38.8 Å². The summed E-state index contributed by atoms with van der Waals surface area (Å²) in [6.45, 7) is 11.9. The van der Waals surface area contributed by atoms with E-state index in [1.165, 1.54) is 24.3 Å². The SMILES string of the molecule is CCN1/C(=C/C=C/C=C/C=C/C2=[N+](CCCCCC(=O)NCCOCCOCC(=O)NCCCC[C@H](NC(=O)N[C@@H](CCC(=O)O)C(=O)O)C(=O)O)c3ccc(S(=O)(=O)O)cc3C2(C)C)C(C)(C)c2cc(S(=O)(=O)O)ccc21. The molecule has 25 heteroatoms. The fourth-order valence-corrected chi connectivity index (χ4v) is 10.1. The van der Waals surface area contributed by atoms with Crippen LogP contribution in [-0.2, 0) is 64.5 Å². The van der Waals surface area contributed by atoms with Gasteiger partial charge in [0, 0.05) is 73.4 Å². The van der Waals surface area contributed by atoms with Crippen LogP contribution in [0.1, 0.15) is 104 Å². The summed E-state index contributed by atoms with van der Waals surface area (Å²) in [4.78, 5) is 72.3. The van der Waals surface area contributed by atoms with Crippen LogP contribution >= 0.6 is 0 Å². The number of anilines is 1. The maximum atomic E-state index is 12.6. The molecule has 2 aliphatic heterocycles. The zero-order chi connectivity index (χ0) is 57.8. The van der Waals surface area contributed by atoms with Crippen LogP contribution in [-0.4, -0.2) is 152 Å². The Morgan fingerprint density at radius 2 is 1.27 bits per heavy atom. The van der Waals surface area contributed by atoms with Gasteiger partial charge >= 0.3 is 23.9 Å². The Morgan fingerprint density at radius 3 is 1.91 bits per heavy atom. The van der Waals surface area contributed by atoms with Gasteiger partial charge in [0.1, 0.15) is 25.2 Å². The minimum absolute atomic E-state index is 0.0196.